The van der Waals surface area contributed by atoms with E-state index in [0.717, 1.165) is 12.1 Å². The predicted molar refractivity (Wildman–Crippen MR) is 72.4 cm³/mol. The van der Waals surface area contributed by atoms with Crippen LogP contribution in [0.4, 0.5) is 23.7 Å². The van der Waals surface area contributed by atoms with Crippen molar-refractivity contribution in [3.05, 3.63) is 29.8 Å². The van der Waals surface area contributed by atoms with Crippen LogP contribution < -0.4 is 4.90 Å². The van der Waals surface area contributed by atoms with Gasteiger partial charge >= 0.3 is 12.3 Å². The molecule has 4 nitrogen and oxygen atoms in total. The lowest BCUT2D eigenvalue weighted by Gasteiger charge is -2.44. The highest BCUT2D eigenvalue weighted by Gasteiger charge is 2.33. The van der Waals surface area contributed by atoms with Crippen LogP contribution in [-0.2, 0) is 6.18 Å². The third kappa shape index (κ3) is 3.22. The summed E-state index contributed by atoms with van der Waals surface area (Å²) in [5.41, 5.74) is -0.0106. The van der Waals surface area contributed by atoms with Crippen LogP contribution in [-0.4, -0.2) is 41.3 Å². The van der Waals surface area contributed by atoms with Crippen LogP contribution in [0.1, 0.15) is 19.4 Å². The Morgan fingerprint density at radius 2 is 1.71 bits per heavy atom. The Morgan fingerprint density at radius 1 is 1.14 bits per heavy atom. The van der Waals surface area contributed by atoms with Gasteiger partial charge in [0.05, 0.1) is 5.56 Å². The summed E-state index contributed by atoms with van der Waals surface area (Å²) in [4.78, 5) is 14.4. The number of benzene rings is 1. The van der Waals surface area contributed by atoms with Crippen LogP contribution in [0.15, 0.2) is 24.3 Å². The van der Waals surface area contributed by atoms with Gasteiger partial charge in [-0.3, -0.25) is 0 Å². The third-order valence-electron chi connectivity index (χ3n) is 3.76. The molecule has 1 N–H and O–H groups in total. The zero-order chi connectivity index (χ0) is 15.8. The highest BCUT2D eigenvalue weighted by Crippen LogP contribution is 2.31. The van der Waals surface area contributed by atoms with Crippen LogP contribution in [0.25, 0.3) is 0 Å². The first kappa shape index (κ1) is 15.5. The summed E-state index contributed by atoms with van der Waals surface area (Å²) in [6.45, 7) is 4.44. The Labute approximate surface area is 120 Å². The second-order valence-electron chi connectivity index (χ2n) is 5.33. The van der Waals surface area contributed by atoms with Gasteiger partial charge in [-0.05, 0) is 38.1 Å². The van der Waals surface area contributed by atoms with E-state index >= 15 is 0 Å². The fourth-order valence-corrected chi connectivity index (χ4v) is 2.59. The average Bonchev–Trinajstić information content (AvgIpc) is 2.40. The largest absolute Gasteiger partial charge is 0.465 e. The van der Waals surface area contributed by atoms with E-state index in [4.69, 9.17) is 5.11 Å². The molecule has 1 aliphatic rings. The van der Waals surface area contributed by atoms with Crippen molar-refractivity contribution in [1.82, 2.24) is 4.90 Å². The van der Waals surface area contributed by atoms with E-state index in [0.29, 0.717) is 18.8 Å². The quantitative estimate of drug-likeness (QED) is 0.866. The lowest BCUT2D eigenvalue weighted by molar-refractivity contribution is -0.137. The molecule has 2 atom stereocenters. The zero-order valence-corrected chi connectivity index (χ0v) is 11.8. The van der Waals surface area contributed by atoms with Crippen molar-refractivity contribution in [1.29, 1.82) is 0 Å². The Bertz CT molecular complexity index is 516. The van der Waals surface area contributed by atoms with Crippen LogP contribution >= 0.6 is 0 Å². The van der Waals surface area contributed by atoms with Gasteiger partial charge in [0.1, 0.15) is 0 Å². The van der Waals surface area contributed by atoms with Crippen molar-refractivity contribution in [3.63, 3.8) is 0 Å². The van der Waals surface area contributed by atoms with Gasteiger partial charge < -0.3 is 14.9 Å². The molecular weight excluding hydrogens is 285 g/mol. The Kier molecular flexibility index (Phi) is 4.02. The van der Waals surface area contributed by atoms with Crippen molar-refractivity contribution in [2.75, 3.05) is 18.0 Å². The molecule has 1 fully saturated rings. The molecule has 116 valence electrons. The van der Waals surface area contributed by atoms with Gasteiger partial charge in [0, 0.05) is 30.9 Å². The van der Waals surface area contributed by atoms with Crippen LogP contribution in [0.2, 0.25) is 0 Å². The number of amides is 1. The third-order valence-corrected chi connectivity index (χ3v) is 3.76. The van der Waals surface area contributed by atoms with Gasteiger partial charge in [-0.15, -0.1) is 0 Å². The molecule has 2 rings (SSSR count). The molecule has 0 aromatic heterocycles. The molecule has 0 bridgehead atoms. The van der Waals surface area contributed by atoms with E-state index in [-0.39, 0.29) is 12.1 Å². The van der Waals surface area contributed by atoms with Gasteiger partial charge in [-0.2, -0.15) is 13.2 Å². The Morgan fingerprint density at radius 3 is 2.19 bits per heavy atom. The molecule has 1 amide bonds. The normalized spacial score (nSPS) is 23.3. The van der Waals surface area contributed by atoms with Crippen molar-refractivity contribution in [3.8, 4) is 0 Å². The minimum Gasteiger partial charge on any atom is -0.465 e. The predicted octanol–water partition coefficient (Wildman–Crippen LogP) is 3.28. The van der Waals surface area contributed by atoms with E-state index in [1.54, 1.807) is 6.92 Å². The Hall–Kier alpha value is -1.92. The summed E-state index contributed by atoms with van der Waals surface area (Å²) < 4.78 is 37.7. The monoisotopic (exact) mass is 302 g/mol. The number of halogens is 3. The highest BCUT2D eigenvalue weighted by atomic mass is 19.4. The molecule has 0 radical (unpaired) electrons. The zero-order valence-electron chi connectivity index (χ0n) is 11.8. The van der Waals surface area contributed by atoms with Crippen LogP contribution in [0.3, 0.4) is 0 Å². The van der Waals surface area contributed by atoms with E-state index in [2.05, 4.69) is 0 Å². The lowest BCUT2D eigenvalue weighted by atomic mass is 10.1. The number of alkyl halides is 3. The van der Waals surface area contributed by atoms with Gasteiger partial charge in [0.15, 0.2) is 0 Å². The van der Waals surface area contributed by atoms with E-state index < -0.39 is 17.8 Å². The van der Waals surface area contributed by atoms with Gasteiger partial charge in [-0.25, -0.2) is 4.79 Å². The summed E-state index contributed by atoms with van der Waals surface area (Å²) in [5, 5.41) is 9.09. The summed E-state index contributed by atoms with van der Waals surface area (Å²) in [5.74, 6) is 0. The second kappa shape index (κ2) is 5.46. The molecule has 1 aliphatic heterocycles. The summed E-state index contributed by atoms with van der Waals surface area (Å²) >= 11 is 0. The molecular formula is C14H17F3N2O2. The van der Waals surface area contributed by atoms with E-state index in [1.807, 2.05) is 11.8 Å². The molecule has 0 unspecified atom stereocenters. The van der Waals surface area contributed by atoms with Gasteiger partial charge in [0.2, 0.25) is 0 Å². The summed E-state index contributed by atoms with van der Waals surface area (Å²) in [7, 11) is 0. The molecule has 1 aromatic carbocycles. The molecule has 21 heavy (non-hydrogen) atoms. The van der Waals surface area contributed by atoms with Crippen LogP contribution in [0.5, 0.6) is 0 Å². The molecule has 7 heteroatoms. The first-order valence-electron chi connectivity index (χ1n) is 6.63. The number of hydrogen-bond acceptors (Lipinski definition) is 2. The number of hydrogen-bond donors (Lipinski definition) is 1. The first-order valence-corrected chi connectivity index (χ1v) is 6.63. The van der Waals surface area contributed by atoms with Crippen molar-refractivity contribution < 1.29 is 23.1 Å². The van der Waals surface area contributed by atoms with Gasteiger partial charge in [0.25, 0.3) is 0 Å². The maximum atomic E-state index is 12.6. The topological polar surface area (TPSA) is 43.8 Å². The maximum absolute atomic E-state index is 12.6. The summed E-state index contributed by atoms with van der Waals surface area (Å²) in [6, 6.07) is 4.67. The Balaban J connectivity index is 2.17. The number of carbonyl (C=O) groups is 1. The average molecular weight is 302 g/mol. The lowest BCUT2D eigenvalue weighted by Crippen LogP contribution is -2.58. The minimum absolute atomic E-state index is 0.0889. The molecule has 0 aliphatic carbocycles. The van der Waals surface area contributed by atoms with Crippen molar-refractivity contribution >= 4 is 11.8 Å². The maximum Gasteiger partial charge on any atom is 0.416 e. The number of piperazine rings is 1. The van der Waals surface area contributed by atoms with E-state index in [1.165, 1.54) is 17.0 Å². The standard InChI is InChI=1S/C14H17F3N2O2/c1-9-8-19(13(20)21)10(2)7-18(9)12-5-3-11(4-6-12)14(15,16)17/h3-6,9-10H,7-8H2,1-2H3,(H,20,21)/t9-,10+/m0/s1. The summed E-state index contributed by atoms with van der Waals surface area (Å²) in [6.07, 6.45) is -5.32. The van der Waals surface area contributed by atoms with Gasteiger partial charge in [-0.1, -0.05) is 0 Å². The fraction of sp³-hybridized carbons (Fsp3) is 0.500. The molecule has 0 saturated carbocycles. The smallest absolute Gasteiger partial charge is 0.416 e. The highest BCUT2D eigenvalue weighted by molar-refractivity contribution is 5.66. The van der Waals surface area contributed by atoms with E-state index in [9.17, 15) is 18.0 Å². The fourth-order valence-electron chi connectivity index (χ4n) is 2.59. The number of anilines is 1. The second-order valence-corrected chi connectivity index (χ2v) is 5.33. The first-order chi connectivity index (χ1) is 9.70. The number of rotatable bonds is 1. The molecule has 1 heterocycles. The molecule has 1 aromatic rings. The van der Waals surface area contributed by atoms with Crippen LogP contribution in [0, 0.1) is 0 Å². The van der Waals surface area contributed by atoms with Crippen molar-refractivity contribution in [2.45, 2.75) is 32.1 Å². The molecule has 1 saturated heterocycles. The number of nitrogens with zero attached hydrogens (tertiary/aromatic N) is 2. The number of carboxylic acid groups (broad SMARTS) is 1. The SMILES string of the molecule is C[C@@H]1CN(c2ccc(C(F)(F)F)cc2)[C@@H](C)CN1C(=O)O. The molecule has 0 spiro atoms. The van der Waals surface area contributed by atoms with Crippen molar-refractivity contribution in [2.24, 2.45) is 0 Å². The minimum atomic E-state index is -4.35.